The SMILES string of the molecule is CC(OC(=O)c1ccc(CN2C(=O)CCC2=O)cc1)C(=O)Nc1sccc1C(N)=O. The fraction of sp³-hybridized carbons (Fsp3) is 0.250. The zero-order valence-electron chi connectivity index (χ0n) is 16.0. The van der Waals surface area contributed by atoms with E-state index in [0.717, 1.165) is 11.3 Å². The van der Waals surface area contributed by atoms with E-state index in [0.29, 0.717) is 5.56 Å². The molecule has 3 N–H and O–H groups in total. The van der Waals surface area contributed by atoms with Crippen LogP contribution in [-0.4, -0.2) is 40.6 Å². The number of nitrogens with two attached hydrogens (primary N) is 1. The zero-order valence-corrected chi connectivity index (χ0v) is 16.9. The highest BCUT2D eigenvalue weighted by molar-refractivity contribution is 7.14. The van der Waals surface area contributed by atoms with Gasteiger partial charge in [0, 0.05) is 12.8 Å². The second-order valence-electron chi connectivity index (χ2n) is 6.63. The molecular weight excluding hydrogens is 410 g/mol. The molecule has 2 aromatic rings. The number of ether oxygens (including phenoxy) is 1. The molecule has 0 saturated carbocycles. The van der Waals surface area contributed by atoms with Crippen molar-refractivity contribution in [2.45, 2.75) is 32.4 Å². The molecule has 156 valence electrons. The third kappa shape index (κ3) is 4.71. The third-order valence-corrected chi connectivity index (χ3v) is 5.34. The number of nitrogens with zero attached hydrogens (tertiary/aromatic N) is 1. The molecule has 0 radical (unpaired) electrons. The van der Waals surface area contributed by atoms with Crippen LogP contribution in [-0.2, 0) is 25.7 Å². The first-order chi connectivity index (χ1) is 14.3. The molecule has 0 bridgehead atoms. The van der Waals surface area contributed by atoms with Crippen molar-refractivity contribution in [3.8, 4) is 0 Å². The maximum atomic E-state index is 12.3. The molecule has 3 rings (SSSR count). The molecule has 9 nitrogen and oxygen atoms in total. The second-order valence-corrected chi connectivity index (χ2v) is 7.55. The Labute approximate surface area is 175 Å². The number of anilines is 1. The summed E-state index contributed by atoms with van der Waals surface area (Å²) in [5.74, 6) is -2.41. The van der Waals surface area contributed by atoms with Gasteiger partial charge in [0.2, 0.25) is 11.8 Å². The van der Waals surface area contributed by atoms with Crippen LogP contribution in [0.3, 0.4) is 0 Å². The number of imide groups is 1. The average Bonchev–Trinajstić information content (AvgIpc) is 3.30. The molecule has 30 heavy (non-hydrogen) atoms. The predicted molar refractivity (Wildman–Crippen MR) is 108 cm³/mol. The van der Waals surface area contributed by atoms with Gasteiger partial charge in [0.25, 0.3) is 11.8 Å². The van der Waals surface area contributed by atoms with Crippen LogP contribution < -0.4 is 11.1 Å². The number of benzene rings is 1. The number of carbonyl (C=O) groups is 5. The Kier molecular flexibility index (Phi) is 6.26. The van der Waals surface area contributed by atoms with Crippen LogP contribution in [0.15, 0.2) is 35.7 Å². The van der Waals surface area contributed by atoms with Crippen LogP contribution in [0.4, 0.5) is 5.00 Å². The van der Waals surface area contributed by atoms with Crippen molar-refractivity contribution in [1.82, 2.24) is 4.90 Å². The third-order valence-electron chi connectivity index (χ3n) is 4.51. The summed E-state index contributed by atoms with van der Waals surface area (Å²) in [5, 5.41) is 4.41. The minimum atomic E-state index is -1.11. The molecule has 1 aromatic heterocycles. The molecular formula is C20H19N3O6S. The van der Waals surface area contributed by atoms with E-state index in [1.807, 2.05) is 0 Å². The Bertz CT molecular complexity index is 998. The highest BCUT2D eigenvalue weighted by Crippen LogP contribution is 2.23. The molecule has 2 heterocycles. The molecule has 1 aliphatic heterocycles. The summed E-state index contributed by atoms with van der Waals surface area (Å²) in [6, 6.07) is 7.72. The van der Waals surface area contributed by atoms with Crippen molar-refractivity contribution in [2.75, 3.05) is 5.32 Å². The minimum absolute atomic E-state index is 0.148. The molecule has 1 atom stereocenters. The van der Waals surface area contributed by atoms with E-state index < -0.39 is 23.9 Å². The molecule has 1 aromatic carbocycles. The summed E-state index contributed by atoms with van der Waals surface area (Å²) < 4.78 is 5.17. The lowest BCUT2D eigenvalue weighted by atomic mass is 10.1. The minimum Gasteiger partial charge on any atom is -0.449 e. The van der Waals surface area contributed by atoms with Crippen molar-refractivity contribution < 1.29 is 28.7 Å². The Morgan fingerprint density at radius 3 is 2.37 bits per heavy atom. The number of amides is 4. The van der Waals surface area contributed by atoms with E-state index in [1.165, 1.54) is 30.0 Å². The number of nitrogens with one attached hydrogen (secondary N) is 1. The van der Waals surface area contributed by atoms with Gasteiger partial charge in [0.15, 0.2) is 6.10 Å². The van der Waals surface area contributed by atoms with Gasteiger partial charge in [-0.15, -0.1) is 11.3 Å². The molecule has 1 fully saturated rings. The predicted octanol–water partition coefficient (Wildman–Crippen LogP) is 1.68. The lowest BCUT2D eigenvalue weighted by molar-refractivity contribution is -0.139. The Balaban J connectivity index is 1.57. The van der Waals surface area contributed by atoms with Gasteiger partial charge in [0.1, 0.15) is 5.00 Å². The molecule has 1 saturated heterocycles. The Hall–Kier alpha value is -3.53. The standard InChI is InChI=1S/C20H19N3O6S/c1-11(18(27)22-19-14(17(21)26)8-9-30-19)29-20(28)13-4-2-12(3-5-13)10-23-15(24)6-7-16(23)25/h2-5,8-9,11H,6-7,10H2,1H3,(H2,21,26)(H,22,27). The lowest BCUT2D eigenvalue weighted by Crippen LogP contribution is -2.30. The number of hydrogen-bond donors (Lipinski definition) is 2. The van der Waals surface area contributed by atoms with Crippen LogP contribution >= 0.6 is 11.3 Å². The Morgan fingerprint density at radius 1 is 1.13 bits per heavy atom. The maximum absolute atomic E-state index is 12.3. The second kappa shape index (κ2) is 8.87. The average molecular weight is 429 g/mol. The van der Waals surface area contributed by atoms with E-state index in [-0.39, 0.29) is 47.3 Å². The van der Waals surface area contributed by atoms with E-state index in [1.54, 1.807) is 17.5 Å². The summed E-state index contributed by atoms with van der Waals surface area (Å²) in [6.45, 7) is 1.55. The summed E-state index contributed by atoms with van der Waals surface area (Å²) in [6.07, 6.45) is -0.676. The monoisotopic (exact) mass is 429 g/mol. The van der Waals surface area contributed by atoms with Crippen LogP contribution in [0.1, 0.15) is 46.0 Å². The lowest BCUT2D eigenvalue weighted by Gasteiger charge is -2.15. The zero-order chi connectivity index (χ0) is 21.8. The number of thiophene rings is 1. The fourth-order valence-corrected chi connectivity index (χ4v) is 3.62. The first-order valence-corrected chi connectivity index (χ1v) is 9.95. The normalized spacial score (nSPS) is 14.5. The molecule has 1 unspecified atom stereocenters. The van der Waals surface area contributed by atoms with E-state index in [9.17, 15) is 24.0 Å². The van der Waals surface area contributed by atoms with Gasteiger partial charge in [-0.25, -0.2) is 4.79 Å². The van der Waals surface area contributed by atoms with Gasteiger partial charge in [-0.1, -0.05) is 12.1 Å². The number of rotatable bonds is 7. The first kappa shape index (κ1) is 21.2. The topological polar surface area (TPSA) is 136 Å². The molecule has 0 aliphatic carbocycles. The van der Waals surface area contributed by atoms with Gasteiger partial charge in [0.05, 0.1) is 17.7 Å². The molecule has 4 amide bonds. The van der Waals surface area contributed by atoms with Gasteiger partial charge < -0.3 is 15.8 Å². The molecule has 0 spiro atoms. The van der Waals surface area contributed by atoms with Crippen molar-refractivity contribution in [3.63, 3.8) is 0 Å². The van der Waals surface area contributed by atoms with Crippen molar-refractivity contribution in [2.24, 2.45) is 5.73 Å². The summed E-state index contributed by atoms with van der Waals surface area (Å²) in [4.78, 5) is 60.4. The van der Waals surface area contributed by atoms with E-state index in [2.05, 4.69) is 5.32 Å². The van der Waals surface area contributed by atoms with Crippen LogP contribution in [0.25, 0.3) is 0 Å². The number of hydrogen-bond acceptors (Lipinski definition) is 7. The van der Waals surface area contributed by atoms with Gasteiger partial charge in [-0.3, -0.25) is 24.1 Å². The van der Waals surface area contributed by atoms with Gasteiger partial charge >= 0.3 is 5.97 Å². The van der Waals surface area contributed by atoms with Crippen molar-refractivity contribution in [1.29, 1.82) is 0 Å². The van der Waals surface area contributed by atoms with Crippen molar-refractivity contribution in [3.05, 3.63) is 52.4 Å². The van der Waals surface area contributed by atoms with Crippen LogP contribution in [0.5, 0.6) is 0 Å². The Morgan fingerprint density at radius 2 is 1.77 bits per heavy atom. The molecule has 10 heteroatoms. The van der Waals surface area contributed by atoms with Crippen molar-refractivity contribution >= 4 is 45.9 Å². The number of likely N-dealkylation sites (tertiary alicyclic amines) is 1. The largest absolute Gasteiger partial charge is 0.449 e. The number of primary amides is 1. The van der Waals surface area contributed by atoms with E-state index in [4.69, 9.17) is 10.5 Å². The highest BCUT2D eigenvalue weighted by atomic mass is 32.1. The summed E-state index contributed by atoms with van der Waals surface area (Å²) in [7, 11) is 0. The highest BCUT2D eigenvalue weighted by Gasteiger charge is 2.28. The van der Waals surface area contributed by atoms with Crippen LogP contribution in [0, 0.1) is 0 Å². The van der Waals surface area contributed by atoms with E-state index >= 15 is 0 Å². The smallest absolute Gasteiger partial charge is 0.338 e. The number of carbonyl (C=O) groups excluding carboxylic acids is 5. The van der Waals surface area contributed by atoms with Crippen LogP contribution in [0.2, 0.25) is 0 Å². The first-order valence-electron chi connectivity index (χ1n) is 9.07. The van der Waals surface area contributed by atoms with Gasteiger partial charge in [-0.2, -0.15) is 0 Å². The number of esters is 1. The fourth-order valence-electron chi connectivity index (χ4n) is 2.82. The molecule has 1 aliphatic rings. The maximum Gasteiger partial charge on any atom is 0.338 e. The summed E-state index contributed by atoms with van der Waals surface area (Å²) in [5.41, 5.74) is 6.32. The van der Waals surface area contributed by atoms with Gasteiger partial charge in [-0.05, 0) is 36.1 Å². The quantitative estimate of drug-likeness (QED) is 0.508. The summed E-state index contributed by atoms with van der Waals surface area (Å²) >= 11 is 1.13.